The zero-order valence-electron chi connectivity index (χ0n) is 12.8. The van der Waals surface area contributed by atoms with Crippen molar-refractivity contribution in [2.45, 2.75) is 13.0 Å². The van der Waals surface area contributed by atoms with Gasteiger partial charge in [0, 0.05) is 11.9 Å². The van der Waals surface area contributed by atoms with Crippen LogP contribution in [0.4, 0.5) is 4.79 Å². The first-order chi connectivity index (χ1) is 11.8. The van der Waals surface area contributed by atoms with Gasteiger partial charge in [0.1, 0.15) is 23.7 Å². The second-order valence-corrected chi connectivity index (χ2v) is 5.38. The molecule has 1 amide bonds. The zero-order valence-corrected chi connectivity index (χ0v) is 12.8. The molecule has 0 saturated heterocycles. The van der Waals surface area contributed by atoms with Crippen LogP contribution in [0.25, 0.3) is 22.3 Å². The number of hydrogen-bond acceptors (Lipinski definition) is 6. The van der Waals surface area contributed by atoms with Crippen LogP contribution < -0.4 is 10.1 Å². The minimum Gasteiger partial charge on any atom is -0.494 e. The van der Waals surface area contributed by atoms with E-state index in [1.807, 2.05) is 18.2 Å². The highest BCUT2D eigenvalue weighted by molar-refractivity contribution is 5.92. The summed E-state index contributed by atoms with van der Waals surface area (Å²) in [5, 5.41) is 10.9. The summed E-state index contributed by atoms with van der Waals surface area (Å²) in [5.74, 6) is 0.742. The molecular weight excluding hydrogens is 310 g/mol. The van der Waals surface area contributed by atoms with Crippen LogP contribution in [-0.4, -0.2) is 39.4 Å². The number of fused-ring (bicyclic) bond motifs is 4. The number of nitrogens with one attached hydrogen (secondary N) is 2. The fourth-order valence-electron chi connectivity index (χ4n) is 2.51. The van der Waals surface area contributed by atoms with Crippen LogP contribution in [0, 0.1) is 0 Å². The van der Waals surface area contributed by atoms with E-state index in [-0.39, 0.29) is 6.61 Å². The first-order valence-corrected chi connectivity index (χ1v) is 7.62. The van der Waals surface area contributed by atoms with E-state index in [1.165, 1.54) is 0 Å². The van der Waals surface area contributed by atoms with E-state index in [1.54, 1.807) is 12.4 Å². The van der Waals surface area contributed by atoms with Crippen molar-refractivity contribution in [3.05, 3.63) is 36.3 Å². The molecule has 8 nitrogen and oxygen atoms in total. The van der Waals surface area contributed by atoms with E-state index in [2.05, 4.69) is 25.5 Å². The molecule has 0 spiro atoms. The summed E-state index contributed by atoms with van der Waals surface area (Å²) in [5.41, 5.74) is 2.74. The van der Waals surface area contributed by atoms with Gasteiger partial charge in [-0.25, -0.2) is 9.78 Å². The third kappa shape index (κ3) is 2.85. The topological polar surface area (TPSA) is 102 Å². The standard InChI is InChI=1S/C16H15N5O3/c22-16-18-4-1-5-23-11-2-3-13-12(6-11)15(21-20-13)14-8-17-7-10(19-14)9-24-16/h2-3,6-8H,1,4-5,9H2,(H,18,22)(H,20,21). The molecule has 2 aromatic heterocycles. The van der Waals surface area contributed by atoms with E-state index in [9.17, 15) is 4.79 Å². The maximum absolute atomic E-state index is 11.6. The van der Waals surface area contributed by atoms with Crippen molar-refractivity contribution in [1.82, 2.24) is 25.5 Å². The number of aromatic amines is 1. The highest BCUT2D eigenvalue weighted by Gasteiger charge is 2.13. The van der Waals surface area contributed by atoms with Gasteiger partial charge in [-0.3, -0.25) is 10.1 Å². The van der Waals surface area contributed by atoms with Crippen LogP contribution in [0.2, 0.25) is 0 Å². The Morgan fingerprint density at radius 2 is 2.12 bits per heavy atom. The Bertz CT molecular complexity index is 892. The molecule has 8 heteroatoms. The van der Waals surface area contributed by atoms with Crippen LogP contribution in [-0.2, 0) is 11.3 Å². The number of benzene rings is 1. The first kappa shape index (κ1) is 14.4. The minimum atomic E-state index is -0.486. The summed E-state index contributed by atoms with van der Waals surface area (Å²) >= 11 is 0. The van der Waals surface area contributed by atoms with Gasteiger partial charge >= 0.3 is 6.09 Å². The molecule has 1 aromatic carbocycles. The molecule has 4 rings (SSSR count). The first-order valence-electron chi connectivity index (χ1n) is 7.62. The van der Waals surface area contributed by atoms with Gasteiger partial charge in [-0.15, -0.1) is 0 Å². The molecular formula is C16H15N5O3. The molecule has 1 aliphatic rings. The molecule has 0 fully saturated rings. The Balaban J connectivity index is 1.78. The number of carbonyl (C=O) groups is 1. The van der Waals surface area contributed by atoms with Crippen LogP contribution in [0.5, 0.6) is 5.75 Å². The molecule has 0 unspecified atom stereocenters. The van der Waals surface area contributed by atoms with Crippen LogP contribution in [0.1, 0.15) is 12.1 Å². The average molecular weight is 325 g/mol. The van der Waals surface area contributed by atoms with Gasteiger partial charge in [0.2, 0.25) is 0 Å². The van der Waals surface area contributed by atoms with E-state index >= 15 is 0 Å². The normalized spacial score (nSPS) is 15.1. The number of cyclic esters (lactones) is 1. The number of alkyl carbamates (subject to hydrolysis) is 1. The van der Waals surface area contributed by atoms with Crippen molar-refractivity contribution >= 4 is 17.0 Å². The van der Waals surface area contributed by atoms with E-state index in [4.69, 9.17) is 9.47 Å². The van der Waals surface area contributed by atoms with Crippen molar-refractivity contribution in [3.63, 3.8) is 0 Å². The predicted molar refractivity (Wildman–Crippen MR) is 85.4 cm³/mol. The van der Waals surface area contributed by atoms with Gasteiger partial charge in [0.25, 0.3) is 0 Å². The van der Waals surface area contributed by atoms with Gasteiger partial charge in [-0.1, -0.05) is 0 Å². The van der Waals surface area contributed by atoms with Crippen molar-refractivity contribution in [2.75, 3.05) is 13.2 Å². The summed E-state index contributed by atoms with van der Waals surface area (Å²) in [7, 11) is 0. The summed E-state index contributed by atoms with van der Waals surface area (Å²) in [6.07, 6.45) is 3.39. The van der Waals surface area contributed by atoms with Crippen molar-refractivity contribution in [3.8, 4) is 17.1 Å². The predicted octanol–water partition coefficient (Wildman–Crippen LogP) is 2.03. The lowest BCUT2D eigenvalue weighted by Crippen LogP contribution is -2.26. The molecule has 0 atom stereocenters. The van der Waals surface area contributed by atoms with Crippen LogP contribution >= 0.6 is 0 Å². The summed E-state index contributed by atoms with van der Waals surface area (Å²) in [6, 6.07) is 5.73. The van der Waals surface area contributed by atoms with E-state index in [0.717, 1.165) is 16.7 Å². The number of hydrogen-bond donors (Lipinski definition) is 2. The summed E-state index contributed by atoms with van der Waals surface area (Å²) in [6.45, 7) is 1.02. The molecule has 3 heterocycles. The lowest BCUT2D eigenvalue weighted by Gasteiger charge is -2.08. The smallest absolute Gasteiger partial charge is 0.407 e. The lowest BCUT2D eigenvalue weighted by molar-refractivity contribution is 0.137. The number of H-pyrrole nitrogens is 1. The molecule has 2 N–H and O–H groups in total. The van der Waals surface area contributed by atoms with Crippen molar-refractivity contribution < 1.29 is 14.3 Å². The monoisotopic (exact) mass is 325 g/mol. The molecule has 3 aromatic rings. The number of nitrogens with zero attached hydrogens (tertiary/aromatic N) is 3. The van der Waals surface area contributed by atoms with Gasteiger partial charge in [0.15, 0.2) is 0 Å². The Labute approximate surface area is 137 Å². The van der Waals surface area contributed by atoms with Crippen LogP contribution in [0.15, 0.2) is 30.6 Å². The second kappa shape index (κ2) is 6.15. The number of ether oxygens (including phenoxy) is 2. The summed E-state index contributed by atoms with van der Waals surface area (Å²) in [4.78, 5) is 20.3. The number of carbonyl (C=O) groups excluding carboxylic acids is 1. The second-order valence-electron chi connectivity index (χ2n) is 5.38. The Hall–Kier alpha value is -3.16. The third-order valence-electron chi connectivity index (χ3n) is 3.67. The highest BCUT2D eigenvalue weighted by atomic mass is 16.5. The van der Waals surface area contributed by atoms with Crippen LogP contribution in [0.3, 0.4) is 0 Å². The largest absolute Gasteiger partial charge is 0.494 e. The van der Waals surface area contributed by atoms with Gasteiger partial charge in [0.05, 0.1) is 30.2 Å². The quantitative estimate of drug-likeness (QED) is 0.656. The molecule has 0 radical (unpaired) electrons. The molecule has 0 saturated carbocycles. The Morgan fingerprint density at radius 3 is 3.08 bits per heavy atom. The van der Waals surface area contributed by atoms with Gasteiger partial charge < -0.3 is 14.8 Å². The highest BCUT2D eigenvalue weighted by Crippen LogP contribution is 2.28. The van der Waals surface area contributed by atoms with Gasteiger partial charge in [-0.05, 0) is 24.6 Å². The Morgan fingerprint density at radius 1 is 1.17 bits per heavy atom. The lowest BCUT2D eigenvalue weighted by atomic mass is 10.1. The Kier molecular flexibility index (Phi) is 3.70. The SMILES string of the molecule is O=C1NCCCOc2ccc3[nH]nc(c3c2)-c2cncc(n2)CO1. The molecule has 4 bridgehead atoms. The number of rotatable bonds is 0. The van der Waals surface area contributed by atoms with Crippen molar-refractivity contribution in [1.29, 1.82) is 0 Å². The maximum Gasteiger partial charge on any atom is 0.407 e. The minimum absolute atomic E-state index is 0.0524. The fraction of sp³-hybridized carbons (Fsp3) is 0.250. The van der Waals surface area contributed by atoms with E-state index in [0.29, 0.717) is 36.7 Å². The fourth-order valence-corrected chi connectivity index (χ4v) is 2.51. The van der Waals surface area contributed by atoms with Gasteiger partial charge in [-0.2, -0.15) is 5.10 Å². The van der Waals surface area contributed by atoms with E-state index < -0.39 is 6.09 Å². The summed E-state index contributed by atoms with van der Waals surface area (Å²) < 4.78 is 10.9. The molecule has 0 aliphatic carbocycles. The number of amides is 1. The molecule has 24 heavy (non-hydrogen) atoms. The molecule has 1 aliphatic heterocycles. The maximum atomic E-state index is 11.6. The third-order valence-corrected chi connectivity index (χ3v) is 3.67. The zero-order chi connectivity index (χ0) is 16.4. The molecule has 122 valence electrons. The van der Waals surface area contributed by atoms with Crippen molar-refractivity contribution in [2.24, 2.45) is 0 Å². The average Bonchev–Trinajstić information content (AvgIpc) is 3.02. The number of aromatic nitrogens is 4.